The van der Waals surface area contributed by atoms with Crippen LogP contribution in [0.5, 0.6) is 11.5 Å². The normalized spacial score (nSPS) is 15.3. The number of fused-ring (bicyclic) bond motifs is 1. The molecule has 2 aromatic rings. The van der Waals surface area contributed by atoms with Gasteiger partial charge in [0.25, 0.3) is 5.91 Å². The van der Waals surface area contributed by atoms with Crippen LogP contribution in [0.2, 0.25) is 0 Å². The molecular formula is C17H21N3O6. The van der Waals surface area contributed by atoms with Gasteiger partial charge in [0.2, 0.25) is 11.5 Å². The Labute approximate surface area is 150 Å². The number of nitro benzene ring substituents is 1. The summed E-state index contributed by atoms with van der Waals surface area (Å²) >= 11 is 0. The van der Waals surface area contributed by atoms with Crippen LogP contribution in [0, 0.1) is 17.0 Å². The number of carbonyl (C=O) groups is 1. The summed E-state index contributed by atoms with van der Waals surface area (Å²) in [6, 6.07) is 1.36. The van der Waals surface area contributed by atoms with Crippen LogP contribution in [0.4, 0.5) is 5.69 Å². The number of nitro groups is 1. The zero-order valence-corrected chi connectivity index (χ0v) is 15.2. The van der Waals surface area contributed by atoms with E-state index in [1.807, 2.05) is 7.05 Å². The van der Waals surface area contributed by atoms with Gasteiger partial charge in [0.05, 0.1) is 19.1 Å². The van der Waals surface area contributed by atoms with Crippen LogP contribution in [0.15, 0.2) is 10.5 Å². The van der Waals surface area contributed by atoms with Crippen LogP contribution in [-0.2, 0) is 0 Å². The Morgan fingerprint density at radius 2 is 1.81 bits per heavy atom. The van der Waals surface area contributed by atoms with Crippen LogP contribution in [0.3, 0.4) is 0 Å². The topological polar surface area (TPSA) is 98.3 Å². The minimum absolute atomic E-state index is 0.0302. The standard InChI is InChI=1S/C17H21N3O6/c1-10-11-9-12(20(22)23)15(24-3)16(25-4)14(11)26-13(10)17(21)19-7-5-18(2)6-8-19/h9H,5-8H2,1-4H3. The lowest BCUT2D eigenvalue weighted by Crippen LogP contribution is -2.47. The molecule has 0 radical (unpaired) electrons. The predicted octanol–water partition coefficient (Wildman–Crippen LogP) is 2.05. The van der Waals surface area contributed by atoms with Gasteiger partial charge >= 0.3 is 5.69 Å². The van der Waals surface area contributed by atoms with E-state index in [0.717, 1.165) is 13.1 Å². The smallest absolute Gasteiger partial charge is 0.315 e. The molecule has 1 aliphatic heterocycles. The Morgan fingerprint density at radius 3 is 2.35 bits per heavy atom. The van der Waals surface area contributed by atoms with E-state index in [0.29, 0.717) is 24.0 Å². The second-order valence-electron chi connectivity index (χ2n) is 6.25. The molecule has 1 aliphatic rings. The van der Waals surface area contributed by atoms with Gasteiger partial charge in [-0.2, -0.15) is 0 Å². The van der Waals surface area contributed by atoms with Crippen molar-refractivity contribution in [3.63, 3.8) is 0 Å². The van der Waals surface area contributed by atoms with Crippen LogP contribution in [0.1, 0.15) is 16.1 Å². The molecular weight excluding hydrogens is 342 g/mol. The number of likely N-dealkylation sites (N-methyl/N-ethyl adjacent to an activating group) is 1. The van der Waals surface area contributed by atoms with E-state index in [2.05, 4.69) is 4.90 Å². The van der Waals surface area contributed by atoms with Crippen molar-refractivity contribution in [1.82, 2.24) is 9.80 Å². The predicted molar refractivity (Wildman–Crippen MR) is 94.1 cm³/mol. The van der Waals surface area contributed by atoms with Gasteiger partial charge in [0.15, 0.2) is 11.3 Å². The number of nitrogens with zero attached hydrogens (tertiary/aromatic N) is 3. The molecule has 0 N–H and O–H groups in total. The Hall–Kier alpha value is -2.81. The van der Waals surface area contributed by atoms with Crippen LogP contribution in [0.25, 0.3) is 11.0 Å². The van der Waals surface area contributed by atoms with Crippen molar-refractivity contribution in [1.29, 1.82) is 0 Å². The third-order valence-electron chi connectivity index (χ3n) is 4.71. The van der Waals surface area contributed by atoms with Crippen LogP contribution >= 0.6 is 0 Å². The number of hydrogen-bond acceptors (Lipinski definition) is 7. The molecule has 26 heavy (non-hydrogen) atoms. The number of aryl methyl sites for hydroxylation is 1. The van der Waals surface area contributed by atoms with Gasteiger partial charge in [0, 0.05) is 43.2 Å². The Morgan fingerprint density at radius 1 is 1.19 bits per heavy atom. The monoisotopic (exact) mass is 363 g/mol. The molecule has 1 aromatic carbocycles. The lowest BCUT2D eigenvalue weighted by molar-refractivity contribution is -0.385. The zero-order valence-electron chi connectivity index (χ0n) is 15.2. The highest BCUT2D eigenvalue weighted by atomic mass is 16.6. The fourth-order valence-electron chi connectivity index (χ4n) is 3.17. The highest BCUT2D eigenvalue weighted by Gasteiger charge is 2.31. The first-order chi connectivity index (χ1) is 12.4. The van der Waals surface area contributed by atoms with Crippen molar-refractivity contribution in [2.45, 2.75) is 6.92 Å². The summed E-state index contributed by atoms with van der Waals surface area (Å²) in [4.78, 5) is 27.6. The van der Waals surface area contributed by atoms with E-state index < -0.39 is 4.92 Å². The van der Waals surface area contributed by atoms with E-state index in [1.165, 1.54) is 20.3 Å². The van der Waals surface area contributed by atoms with Gasteiger partial charge in [-0.3, -0.25) is 14.9 Å². The highest BCUT2D eigenvalue weighted by Crippen LogP contribution is 2.45. The molecule has 1 amide bonds. The van der Waals surface area contributed by atoms with Crippen molar-refractivity contribution >= 4 is 22.6 Å². The number of carbonyl (C=O) groups excluding carboxylic acids is 1. The second kappa shape index (κ2) is 6.83. The summed E-state index contributed by atoms with van der Waals surface area (Å²) in [7, 11) is 4.70. The lowest BCUT2D eigenvalue weighted by atomic mass is 10.1. The maximum Gasteiger partial charge on any atom is 0.315 e. The molecule has 0 unspecified atom stereocenters. The number of furan rings is 1. The van der Waals surface area contributed by atoms with Crippen molar-refractivity contribution in [2.75, 3.05) is 47.4 Å². The maximum absolute atomic E-state index is 12.9. The van der Waals surface area contributed by atoms with E-state index in [1.54, 1.807) is 11.8 Å². The number of amides is 1. The molecule has 0 aliphatic carbocycles. The van der Waals surface area contributed by atoms with E-state index >= 15 is 0 Å². The molecule has 3 rings (SSSR count). The van der Waals surface area contributed by atoms with E-state index in [9.17, 15) is 14.9 Å². The second-order valence-corrected chi connectivity index (χ2v) is 6.25. The summed E-state index contributed by atoms with van der Waals surface area (Å²) in [6.45, 7) is 4.49. The molecule has 1 saturated heterocycles. The van der Waals surface area contributed by atoms with E-state index in [-0.39, 0.29) is 34.4 Å². The highest BCUT2D eigenvalue weighted by molar-refractivity contribution is 6.02. The SMILES string of the molecule is COc1c([N+](=O)[O-])cc2c(C)c(C(=O)N3CCN(C)CC3)oc2c1OC. The van der Waals surface area contributed by atoms with E-state index in [4.69, 9.17) is 13.9 Å². The first kappa shape index (κ1) is 18.0. The third-order valence-corrected chi connectivity index (χ3v) is 4.71. The summed E-state index contributed by atoms with van der Waals surface area (Å²) in [6.07, 6.45) is 0. The van der Waals surface area contributed by atoms with Crippen molar-refractivity contribution in [3.05, 3.63) is 27.5 Å². The molecule has 140 valence electrons. The molecule has 0 spiro atoms. The minimum atomic E-state index is -0.546. The number of hydrogen-bond donors (Lipinski definition) is 0. The molecule has 9 heteroatoms. The average molecular weight is 363 g/mol. The summed E-state index contributed by atoms with van der Waals surface area (Å²) in [5.41, 5.74) is 0.581. The number of methoxy groups -OCH3 is 2. The summed E-state index contributed by atoms with van der Waals surface area (Å²) in [5, 5.41) is 11.8. The molecule has 0 atom stereocenters. The molecule has 0 bridgehead atoms. The molecule has 9 nitrogen and oxygen atoms in total. The number of benzene rings is 1. The fourth-order valence-corrected chi connectivity index (χ4v) is 3.17. The molecule has 0 saturated carbocycles. The number of piperazine rings is 1. The molecule has 1 aromatic heterocycles. The summed E-state index contributed by atoms with van der Waals surface area (Å²) in [5.74, 6) is 0.0236. The summed E-state index contributed by atoms with van der Waals surface area (Å²) < 4.78 is 16.2. The Bertz CT molecular complexity index is 867. The van der Waals surface area contributed by atoms with Crippen LogP contribution < -0.4 is 9.47 Å². The quantitative estimate of drug-likeness (QED) is 0.605. The number of ether oxygens (including phenoxy) is 2. The fraction of sp³-hybridized carbons (Fsp3) is 0.471. The van der Waals surface area contributed by atoms with Crippen molar-refractivity contribution < 1.29 is 23.6 Å². The van der Waals surface area contributed by atoms with Crippen LogP contribution in [-0.4, -0.2) is 68.1 Å². The zero-order chi connectivity index (χ0) is 19.0. The molecule has 2 heterocycles. The van der Waals surface area contributed by atoms with Gasteiger partial charge in [-0.15, -0.1) is 0 Å². The van der Waals surface area contributed by atoms with Crippen molar-refractivity contribution in [2.24, 2.45) is 0 Å². The first-order valence-electron chi connectivity index (χ1n) is 8.19. The minimum Gasteiger partial charge on any atom is -0.490 e. The Balaban J connectivity index is 2.13. The van der Waals surface area contributed by atoms with Gasteiger partial charge in [-0.05, 0) is 14.0 Å². The third kappa shape index (κ3) is 2.84. The average Bonchev–Trinajstić information content (AvgIpc) is 2.96. The number of rotatable bonds is 4. The van der Waals surface area contributed by atoms with Gasteiger partial charge in [-0.25, -0.2) is 0 Å². The lowest BCUT2D eigenvalue weighted by Gasteiger charge is -2.31. The first-order valence-corrected chi connectivity index (χ1v) is 8.19. The van der Waals surface area contributed by atoms with Gasteiger partial charge < -0.3 is 23.7 Å². The van der Waals surface area contributed by atoms with Crippen molar-refractivity contribution in [3.8, 4) is 11.5 Å². The maximum atomic E-state index is 12.9. The van der Waals surface area contributed by atoms with Gasteiger partial charge in [0.1, 0.15) is 0 Å². The molecule has 1 fully saturated rings. The Kier molecular flexibility index (Phi) is 4.73. The van der Waals surface area contributed by atoms with Gasteiger partial charge in [-0.1, -0.05) is 0 Å². The largest absolute Gasteiger partial charge is 0.490 e.